The Morgan fingerprint density at radius 2 is 1.68 bits per heavy atom. The average Bonchev–Trinajstić information content (AvgIpc) is 2.37. The predicted octanol–water partition coefficient (Wildman–Crippen LogP) is 4.44. The van der Waals surface area contributed by atoms with Gasteiger partial charge in [-0.1, -0.05) is 12.1 Å². The van der Waals surface area contributed by atoms with Crippen molar-refractivity contribution in [2.45, 2.75) is 12.3 Å². The third-order valence-electron chi connectivity index (χ3n) is 2.72. The molecule has 0 aromatic heterocycles. The molecule has 0 saturated heterocycles. The Hall–Kier alpha value is -1.74. The van der Waals surface area contributed by atoms with Crippen LogP contribution in [0.5, 0.6) is 0 Å². The number of Topliss-reactive ketones (excluding diaryl/α,β-unsaturated/α-hetero) is 1. The van der Waals surface area contributed by atoms with E-state index >= 15 is 0 Å². The number of aryl methyl sites for hydroxylation is 1. The van der Waals surface area contributed by atoms with Gasteiger partial charge in [0.2, 0.25) is 0 Å². The first-order valence-corrected chi connectivity index (χ1v) is 6.12. The van der Waals surface area contributed by atoms with Crippen LogP contribution < -0.4 is 0 Å². The Bertz CT molecular complexity index is 588. The summed E-state index contributed by atoms with van der Waals surface area (Å²) >= 11 is 6.05. The molecule has 4 heteroatoms. The van der Waals surface area contributed by atoms with E-state index in [9.17, 15) is 13.6 Å². The minimum Gasteiger partial charge on any atom is -0.292 e. The van der Waals surface area contributed by atoms with Crippen LogP contribution in [0.1, 0.15) is 26.9 Å². The van der Waals surface area contributed by atoms with Crippen LogP contribution in [0.3, 0.4) is 0 Å². The van der Waals surface area contributed by atoms with Crippen LogP contribution in [-0.2, 0) is 0 Å². The maximum Gasteiger partial charge on any atom is 0.185 e. The van der Waals surface area contributed by atoms with Crippen molar-refractivity contribution in [2.24, 2.45) is 0 Å². The van der Waals surface area contributed by atoms with Gasteiger partial charge in [0.25, 0.3) is 0 Å². The van der Waals surface area contributed by atoms with Crippen LogP contribution >= 0.6 is 11.6 Å². The second-order valence-electron chi connectivity index (χ2n) is 4.30. The molecule has 0 heterocycles. The van der Waals surface area contributed by atoms with Crippen molar-refractivity contribution in [3.63, 3.8) is 0 Å². The van der Waals surface area contributed by atoms with Crippen molar-refractivity contribution in [1.29, 1.82) is 0 Å². The Morgan fingerprint density at radius 1 is 1.05 bits per heavy atom. The third-order valence-corrected chi connectivity index (χ3v) is 3.17. The molecule has 1 atom stereocenters. The molecular formula is C15H11ClF2O. The van der Waals surface area contributed by atoms with Crippen LogP contribution in [0.15, 0.2) is 42.5 Å². The Kier molecular flexibility index (Phi) is 3.96. The number of benzene rings is 2. The largest absolute Gasteiger partial charge is 0.292 e. The summed E-state index contributed by atoms with van der Waals surface area (Å²) in [6, 6.07) is 9.40. The van der Waals surface area contributed by atoms with Crippen molar-refractivity contribution in [1.82, 2.24) is 0 Å². The lowest BCUT2D eigenvalue weighted by Gasteiger charge is -2.09. The molecule has 0 aliphatic heterocycles. The van der Waals surface area contributed by atoms with Crippen molar-refractivity contribution in [3.8, 4) is 0 Å². The molecule has 1 unspecified atom stereocenters. The molecule has 0 fully saturated rings. The van der Waals surface area contributed by atoms with E-state index in [1.165, 1.54) is 30.3 Å². The molecule has 98 valence electrons. The van der Waals surface area contributed by atoms with Crippen LogP contribution in [0.2, 0.25) is 0 Å². The second-order valence-corrected chi connectivity index (χ2v) is 4.73. The molecule has 19 heavy (non-hydrogen) atoms. The first kappa shape index (κ1) is 13.7. The first-order valence-electron chi connectivity index (χ1n) is 5.68. The molecule has 0 N–H and O–H groups in total. The Morgan fingerprint density at radius 3 is 2.26 bits per heavy atom. The highest BCUT2D eigenvalue weighted by atomic mass is 35.5. The van der Waals surface area contributed by atoms with Crippen LogP contribution in [0.25, 0.3) is 0 Å². The molecule has 0 bridgehead atoms. The average molecular weight is 281 g/mol. The van der Waals surface area contributed by atoms with Gasteiger partial charge in [-0.3, -0.25) is 4.79 Å². The standard InChI is InChI=1S/C15H11ClF2O/c1-9-6-11(8-13(18)7-9)15(19)14(16)10-2-4-12(17)5-3-10/h2-8,14H,1H3. The number of hydrogen-bond donors (Lipinski definition) is 0. The number of ketones is 1. The smallest absolute Gasteiger partial charge is 0.185 e. The van der Waals surface area contributed by atoms with Gasteiger partial charge in [0.15, 0.2) is 5.78 Å². The maximum atomic E-state index is 13.3. The monoisotopic (exact) mass is 280 g/mol. The molecule has 0 spiro atoms. The van der Waals surface area contributed by atoms with Crippen LogP contribution in [0.4, 0.5) is 8.78 Å². The second kappa shape index (κ2) is 5.49. The molecule has 0 aliphatic carbocycles. The van der Waals surface area contributed by atoms with Crippen LogP contribution in [0, 0.1) is 18.6 Å². The number of alkyl halides is 1. The molecular weight excluding hydrogens is 270 g/mol. The minimum atomic E-state index is -0.957. The number of rotatable bonds is 3. The highest BCUT2D eigenvalue weighted by molar-refractivity contribution is 6.33. The topological polar surface area (TPSA) is 17.1 Å². The predicted molar refractivity (Wildman–Crippen MR) is 70.5 cm³/mol. The zero-order chi connectivity index (χ0) is 14.0. The fourth-order valence-corrected chi connectivity index (χ4v) is 2.08. The van der Waals surface area contributed by atoms with Crippen molar-refractivity contribution in [3.05, 3.63) is 70.8 Å². The SMILES string of the molecule is Cc1cc(F)cc(C(=O)C(Cl)c2ccc(F)cc2)c1. The summed E-state index contributed by atoms with van der Waals surface area (Å²) < 4.78 is 26.1. The summed E-state index contributed by atoms with van der Waals surface area (Å²) in [4.78, 5) is 12.1. The van der Waals surface area contributed by atoms with Crippen molar-refractivity contribution in [2.75, 3.05) is 0 Å². The zero-order valence-corrected chi connectivity index (χ0v) is 10.9. The molecule has 0 aliphatic rings. The normalized spacial score (nSPS) is 12.2. The van der Waals surface area contributed by atoms with E-state index < -0.39 is 22.8 Å². The summed E-state index contributed by atoms with van der Waals surface area (Å²) in [6.45, 7) is 1.70. The van der Waals surface area contributed by atoms with Gasteiger partial charge in [0.05, 0.1) is 0 Å². The van der Waals surface area contributed by atoms with E-state index in [1.807, 2.05) is 0 Å². The third kappa shape index (κ3) is 3.18. The molecule has 2 aromatic rings. The number of carbonyl (C=O) groups excluding carboxylic acids is 1. The van der Waals surface area contributed by atoms with E-state index in [4.69, 9.17) is 11.6 Å². The van der Waals surface area contributed by atoms with Gasteiger partial charge in [-0.2, -0.15) is 0 Å². The molecule has 0 amide bonds. The van der Waals surface area contributed by atoms with Gasteiger partial charge in [-0.25, -0.2) is 8.78 Å². The highest BCUT2D eigenvalue weighted by Crippen LogP contribution is 2.26. The lowest BCUT2D eigenvalue weighted by Crippen LogP contribution is -2.08. The summed E-state index contributed by atoms with van der Waals surface area (Å²) in [5.74, 6) is -1.29. The molecule has 2 aromatic carbocycles. The van der Waals surface area contributed by atoms with E-state index in [2.05, 4.69) is 0 Å². The molecule has 2 rings (SSSR count). The fourth-order valence-electron chi connectivity index (χ4n) is 1.81. The summed E-state index contributed by atoms with van der Waals surface area (Å²) in [5.41, 5.74) is 1.34. The van der Waals surface area contributed by atoms with Crippen molar-refractivity contribution < 1.29 is 13.6 Å². The van der Waals surface area contributed by atoms with E-state index in [1.54, 1.807) is 13.0 Å². The Labute approximate surface area is 114 Å². The number of halogens is 3. The summed E-state index contributed by atoms with van der Waals surface area (Å²) in [6.07, 6.45) is 0. The minimum absolute atomic E-state index is 0.210. The molecule has 0 radical (unpaired) electrons. The quantitative estimate of drug-likeness (QED) is 0.600. The van der Waals surface area contributed by atoms with Gasteiger partial charge < -0.3 is 0 Å². The molecule has 1 nitrogen and oxygen atoms in total. The molecule has 0 saturated carbocycles. The van der Waals surface area contributed by atoms with E-state index in [-0.39, 0.29) is 5.56 Å². The maximum absolute atomic E-state index is 13.3. The summed E-state index contributed by atoms with van der Waals surface area (Å²) in [7, 11) is 0. The fraction of sp³-hybridized carbons (Fsp3) is 0.133. The highest BCUT2D eigenvalue weighted by Gasteiger charge is 2.20. The Balaban J connectivity index is 2.30. The zero-order valence-electron chi connectivity index (χ0n) is 10.2. The van der Waals surface area contributed by atoms with E-state index in [0.717, 1.165) is 6.07 Å². The van der Waals surface area contributed by atoms with Gasteiger partial charge >= 0.3 is 0 Å². The summed E-state index contributed by atoms with van der Waals surface area (Å²) in [5, 5.41) is -0.957. The first-order chi connectivity index (χ1) is 8.97. The van der Waals surface area contributed by atoms with Crippen molar-refractivity contribution >= 4 is 17.4 Å². The van der Waals surface area contributed by atoms with Gasteiger partial charge in [-0.15, -0.1) is 11.6 Å². The lowest BCUT2D eigenvalue weighted by atomic mass is 10.0. The van der Waals surface area contributed by atoms with Gasteiger partial charge in [-0.05, 0) is 48.4 Å². The van der Waals surface area contributed by atoms with E-state index in [0.29, 0.717) is 11.1 Å². The van der Waals surface area contributed by atoms with Gasteiger partial charge in [0, 0.05) is 5.56 Å². The van der Waals surface area contributed by atoms with Crippen LogP contribution in [-0.4, -0.2) is 5.78 Å². The van der Waals surface area contributed by atoms with Gasteiger partial charge in [0.1, 0.15) is 17.0 Å². The number of carbonyl (C=O) groups is 1. The lowest BCUT2D eigenvalue weighted by molar-refractivity contribution is 0.0986. The number of hydrogen-bond acceptors (Lipinski definition) is 1.